The molecule has 1 atom stereocenters. The van der Waals surface area contributed by atoms with Crippen molar-refractivity contribution in [1.82, 2.24) is 4.90 Å². The van der Waals surface area contributed by atoms with Crippen LogP contribution in [0, 0.1) is 0 Å². The van der Waals surface area contributed by atoms with E-state index in [4.69, 9.17) is 15.2 Å². The molecule has 0 fully saturated rings. The molecule has 0 aliphatic carbocycles. The number of carbonyl (C=O) groups excluding carboxylic acids is 1. The van der Waals surface area contributed by atoms with Gasteiger partial charge in [-0.3, -0.25) is 9.00 Å². The summed E-state index contributed by atoms with van der Waals surface area (Å²) in [5.74, 6) is 1.03. The van der Waals surface area contributed by atoms with Crippen LogP contribution in [-0.2, 0) is 15.6 Å². The van der Waals surface area contributed by atoms with Crippen LogP contribution in [0.5, 0.6) is 11.5 Å². The lowest BCUT2D eigenvalue weighted by Crippen LogP contribution is -2.32. The van der Waals surface area contributed by atoms with Crippen LogP contribution < -0.4 is 15.2 Å². The fourth-order valence-electron chi connectivity index (χ4n) is 1.92. The highest BCUT2D eigenvalue weighted by Crippen LogP contribution is 2.31. The van der Waals surface area contributed by atoms with E-state index in [-0.39, 0.29) is 11.7 Å². The van der Waals surface area contributed by atoms with Gasteiger partial charge in [0.05, 0.1) is 10.8 Å². The first-order valence-corrected chi connectivity index (χ1v) is 8.16. The number of hydrogen-bond donors (Lipinski definition) is 1. The Morgan fingerprint density at radius 2 is 2.05 bits per heavy atom. The van der Waals surface area contributed by atoms with Gasteiger partial charge in [0.25, 0.3) is 0 Å². The number of fused-ring (bicyclic) bond motifs is 1. The summed E-state index contributed by atoms with van der Waals surface area (Å²) < 4.78 is 23.1. The highest BCUT2D eigenvalue weighted by atomic mass is 32.2. The summed E-state index contributed by atoms with van der Waals surface area (Å²) in [6.45, 7) is 2.10. The van der Waals surface area contributed by atoms with E-state index >= 15 is 0 Å². The van der Waals surface area contributed by atoms with Gasteiger partial charge < -0.3 is 20.1 Å². The molecule has 1 aliphatic heterocycles. The predicted octanol–water partition coefficient (Wildman–Crippen LogP) is 0.373. The largest absolute Gasteiger partial charge is 0.486 e. The molecule has 0 saturated heterocycles. The summed E-state index contributed by atoms with van der Waals surface area (Å²) in [6, 6.07) is 5.11. The maximum atomic E-state index is 12.3. The van der Waals surface area contributed by atoms with Gasteiger partial charge in [0.15, 0.2) is 11.5 Å². The van der Waals surface area contributed by atoms with Crippen LogP contribution in [0.3, 0.4) is 0 Å². The van der Waals surface area contributed by atoms with Gasteiger partial charge in [-0.25, -0.2) is 0 Å². The quantitative estimate of drug-likeness (QED) is 0.821. The van der Waals surface area contributed by atoms with E-state index in [1.54, 1.807) is 30.1 Å². The standard InChI is InChI=1S/C14H20N2O4S/c1-16(6-2-5-15)14(17)10-21(18)11-3-4-12-13(9-11)20-8-7-19-12/h3-4,9H,2,5-8,10,15H2,1H3. The third kappa shape index (κ3) is 4.18. The lowest BCUT2D eigenvalue weighted by atomic mass is 10.3. The van der Waals surface area contributed by atoms with Crippen molar-refractivity contribution in [3.05, 3.63) is 18.2 Å². The Hall–Kier alpha value is -1.60. The second-order valence-corrected chi connectivity index (χ2v) is 6.20. The molecule has 0 radical (unpaired) electrons. The molecule has 1 amide bonds. The number of carbonyl (C=O) groups is 1. The molecule has 0 bridgehead atoms. The molecule has 0 aromatic heterocycles. The Bertz CT molecular complexity index is 536. The minimum Gasteiger partial charge on any atom is -0.486 e. The molecule has 116 valence electrons. The van der Waals surface area contributed by atoms with Crippen LogP contribution in [-0.4, -0.2) is 54.1 Å². The molecule has 1 aromatic carbocycles. The van der Waals surface area contributed by atoms with E-state index in [0.29, 0.717) is 42.7 Å². The first-order valence-electron chi connectivity index (χ1n) is 6.84. The zero-order valence-corrected chi connectivity index (χ0v) is 12.9. The van der Waals surface area contributed by atoms with Gasteiger partial charge >= 0.3 is 0 Å². The van der Waals surface area contributed by atoms with Gasteiger partial charge in [-0.05, 0) is 25.1 Å². The molecular weight excluding hydrogens is 292 g/mol. The number of rotatable bonds is 6. The normalized spacial score (nSPS) is 14.6. The molecule has 1 aromatic rings. The SMILES string of the molecule is CN(CCCN)C(=O)CS(=O)c1ccc2c(c1)OCCO2. The summed E-state index contributed by atoms with van der Waals surface area (Å²) in [5.41, 5.74) is 5.41. The van der Waals surface area contributed by atoms with Crippen LogP contribution in [0.25, 0.3) is 0 Å². The third-order valence-corrected chi connectivity index (χ3v) is 4.44. The molecule has 21 heavy (non-hydrogen) atoms. The minimum absolute atomic E-state index is 0.0410. The first kappa shape index (κ1) is 15.8. The van der Waals surface area contributed by atoms with Crippen LogP contribution >= 0.6 is 0 Å². The third-order valence-electron chi connectivity index (χ3n) is 3.15. The van der Waals surface area contributed by atoms with E-state index < -0.39 is 10.8 Å². The van der Waals surface area contributed by atoms with E-state index in [2.05, 4.69) is 0 Å². The summed E-state index contributed by atoms with van der Waals surface area (Å²) in [4.78, 5) is 14.1. The van der Waals surface area contributed by atoms with Crippen molar-refractivity contribution in [1.29, 1.82) is 0 Å². The lowest BCUT2D eigenvalue weighted by molar-refractivity contribution is -0.127. The Kier molecular flexibility index (Phi) is 5.58. The zero-order valence-electron chi connectivity index (χ0n) is 12.0. The van der Waals surface area contributed by atoms with Crippen LogP contribution in [0.4, 0.5) is 0 Å². The van der Waals surface area contributed by atoms with Crippen molar-refractivity contribution >= 4 is 16.7 Å². The predicted molar refractivity (Wildman–Crippen MR) is 80.0 cm³/mol. The number of benzene rings is 1. The van der Waals surface area contributed by atoms with Gasteiger partial charge in [-0.15, -0.1) is 0 Å². The molecule has 6 nitrogen and oxygen atoms in total. The molecule has 2 N–H and O–H groups in total. The Balaban J connectivity index is 1.98. The van der Waals surface area contributed by atoms with Crippen molar-refractivity contribution in [3.8, 4) is 11.5 Å². The van der Waals surface area contributed by atoms with Crippen molar-refractivity contribution in [3.63, 3.8) is 0 Å². The van der Waals surface area contributed by atoms with Crippen LogP contribution in [0.1, 0.15) is 6.42 Å². The fourth-order valence-corrected chi connectivity index (χ4v) is 2.99. The van der Waals surface area contributed by atoms with Gasteiger partial charge in [0, 0.05) is 24.6 Å². The Morgan fingerprint density at radius 1 is 1.33 bits per heavy atom. The van der Waals surface area contributed by atoms with Gasteiger partial charge in [-0.1, -0.05) is 0 Å². The highest BCUT2D eigenvalue weighted by Gasteiger charge is 2.17. The fraction of sp³-hybridized carbons (Fsp3) is 0.500. The minimum atomic E-state index is -1.40. The maximum Gasteiger partial charge on any atom is 0.235 e. The molecule has 2 rings (SSSR count). The summed E-state index contributed by atoms with van der Waals surface area (Å²) in [5, 5.41) is 0. The summed E-state index contributed by atoms with van der Waals surface area (Å²) in [6.07, 6.45) is 0.735. The van der Waals surface area contributed by atoms with E-state index in [9.17, 15) is 9.00 Å². The average molecular weight is 312 g/mol. The highest BCUT2D eigenvalue weighted by molar-refractivity contribution is 7.85. The van der Waals surface area contributed by atoms with Crippen molar-refractivity contribution < 1.29 is 18.5 Å². The van der Waals surface area contributed by atoms with Gasteiger partial charge in [-0.2, -0.15) is 0 Å². The number of nitrogens with two attached hydrogens (primary N) is 1. The number of hydrogen-bond acceptors (Lipinski definition) is 5. The molecule has 7 heteroatoms. The Labute approximate surface area is 126 Å². The van der Waals surface area contributed by atoms with Crippen molar-refractivity contribution in [2.24, 2.45) is 5.73 Å². The van der Waals surface area contributed by atoms with E-state index in [1.165, 1.54) is 0 Å². The van der Waals surface area contributed by atoms with Crippen molar-refractivity contribution in [2.75, 3.05) is 39.1 Å². The first-order chi connectivity index (χ1) is 10.1. The number of ether oxygens (including phenoxy) is 2. The van der Waals surface area contributed by atoms with E-state index in [0.717, 1.165) is 6.42 Å². The summed E-state index contributed by atoms with van der Waals surface area (Å²) in [7, 11) is 0.298. The number of amides is 1. The number of nitrogens with zero attached hydrogens (tertiary/aromatic N) is 1. The molecular formula is C14H20N2O4S. The smallest absolute Gasteiger partial charge is 0.235 e. The molecule has 1 unspecified atom stereocenters. The lowest BCUT2D eigenvalue weighted by Gasteiger charge is -2.19. The van der Waals surface area contributed by atoms with Crippen LogP contribution in [0.2, 0.25) is 0 Å². The van der Waals surface area contributed by atoms with Crippen molar-refractivity contribution in [2.45, 2.75) is 11.3 Å². The molecule has 0 saturated carbocycles. The molecule has 0 spiro atoms. The maximum absolute atomic E-state index is 12.3. The zero-order chi connectivity index (χ0) is 15.2. The molecule has 1 heterocycles. The topological polar surface area (TPSA) is 81.9 Å². The monoisotopic (exact) mass is 312 g/mol. The van der Waals surface area contributed by atoms with E-state index in [1.807, 2.05) is 0 Å². The summed E-state index contributed by atoms with van der Waals surface area (Å²) >= 11 is 0. The average Bonchev–Trinajstić information content (AvgIpc) is 2.51. The van der Waals surface area contributed by atoms with Gasteiger partial charge in [0.2, 0.25) is 5.91 Å². The second kappa shape index (κ2) is 7.42. The van der Waals surface area contributed by atoms with Gasteiger partial charge in [0.1, 0.15) is 19.0 Å². The second-order valence-electron chi connectivity index (χ2n) is 4.75. The van der Waals surface area contributed by atoms with Crippen LogP contribution in [0.15, 0.2) is 23.1 Å². The molecule has 1 aliphatic rings. The Morgan fingerprint density at radius 3 is 2.76 bits per heavy atom.